The van der Waals surface area contributed by atoms with Crippen LogP contribution in [0.5, 0.6) is 11.5 Å². The quantitative estimate of drug-likeness (QED) is 0.843. The number of benzene rings is 2. The topological polar surface area (TPSA) is 30.8 Å². The number of hydrogen-bond acceptors (Lipinski definition) is 4. The fraction of sp³-hybridized carbons (Fsp3) is 0.235. The first-order valence-electron chi connectivity index (χ1n) is 6.81. The summed E-state index contributed by atoms with van der Waals surface area (Å²) in [5, 5.41) is 1.01. The van der Waals surface area contributed by atoms with Crippen molar-refractivity contribution >= 4 is 22.5 Å². The molecule has 2 aromatic carbocycles. The molecular weight excluding hydrogens is 282 g/mol. The van der Waals surface area contributed by atoms with Gasteiger partial charge in [-0.25, -0.2) is 4.99 Å². The number of aryl methyl sites for hydroxylation is 1. The highest BCUT2D eigenvalue weighted by molar-refractivity contribution is 8.13. The molecule has 3 nitrogen and oxygen atoms in total. The van der Waals surface area contributed by atoms with Crippen LogP contribution in [-0.4, -0.2) is 18.8 Å². The van der Waals surface area contributed by atoms with Gasteiger partial charge in [-0.3, -0.25) is 0 Å². The van der Waals surface area contributed by atoms with E-state index in [0.717, 1.165) is 28.0 Å². The molecule has 0 aliphatic carbocycles. The SMILES string of the molecule is COc1cccc(CSC2=Nc3ccc(C)cc3OC2)c1. The van der Waals surface area contributed by atoms with E-state index in [9.17, 15) is 0 Å². The van der Waals surface area contributed by atoms with E-state index in [-0.39, 0.29) is 0 Å². The van der Waals surface area contributed by atoms with Gasteiger partial charge in [0.05, 0.1) is 7.11 Å². The second kappa shape index (κ2) is 6.22. The third kappa shape index (κ3) is 3.39. The minimum Gasteiger partial charge on any atom is -0.497 e. The second-order valence-electron chi connectivity index (χ2n) is 4.91. The molecule has 4 heteroatoms. The molecule has 2 aromatic rings. The fourth-order valence-corrected chi connectivity index (χ4v) is 2.96. The molecule has 0 bridgehead atoms. The van der Waals surface area contributed by atoms with E-state index in [1.165, 1.54) is 11.1 Å². The molecule has 0 fully saturated rings. The van der Waals surface area contributed by atoms with E-state index < -0.39 is 0 Å². The van der Waals surface area contributed by atoms with Gasteiger partial charge in [0.25, 0.3) is 0 Å². The van der Waals surface area contributed by atoms with E-state index in [0.29, 0.717) is 6.61 Å². The zero-order valence-corrected chi connectivity index (χ0v) is 12.9. The number of aliphatic imine (C=N–C) groups is 1. The summed E-state index contributed by atoms with van der Waals surface area (Å²) in [6.45, 7) is 2.60. The van der Waals surface area contributed by atoms with E-state index in [4.69, 9.17) is 9.47 Å². The summed E-state index contributed by atoms with van der Waals surface area (Å²) in [5.41, 5.74) is 3.33. The summed E-state index contributed by atoms with van der Waals surface area (Å²) in [4.78, 5) is 4.67. The molecule has 0 radical (unpaired) electrons. The number of nitrogens with zero attached hydrogens (tertiary/aromatic N) is 1. The molecule has 0 aromatic heterocycles. The molecule has 0 spiro atoms. The van der Waals surface area contributed by atoms with Gasteiger partial charge in [-0.2, -0.15) is 0 Å². The van der Waals surface area contributed by atoms with Crippen LogP contribution < -0.4 is 9.47 Å². The average Bonchev–Trinajstić information content (AvgIpc) is 2.53. The number of rotatable bonds is 3. The number of ether oxygens (including phenoxy) is 2. The summed E-state index contributed by atoms with van der Waals surface area (Å²) in [7, 11) is 1.68. The average molecular weight is 299 g/mol. The Hall–Kier alpha value is -1.94. The molecule has 1 aliphatic rings. The molecule has 0 N–H and O–H groups in total. The van der Waals surface area contributed by atoms with Crippen LogP contribution in [0.25, 0.3) is 0 Å². The van der Waals surface area contributed by atoms with Gasteiger partial charge in [0.15, 0.2) is 0 Å². The van der Waals surface area contributed by atoms with Crippen molar-refractivity contribution in [3.8, 4) is 11.5 Å². The number of thioether (sulfide) groups is 1. The van der Waals surface area contributed by atoms with Gasteiger partial charge >= 0.3 is 0 Å². The van der Waals surface area contributed by atoms with Gasteiger partial charge < -0.3 is 9.47 Å². The standard InChI is InChI=1S/C17H17NO2S/c1-12-6-7-15-16(8-12)20-10-17(18-15)21-11-13-4-3-5-14(9-13)19-2/h3-9H,10-11H2,1-2H3. The van der Waals surface area contributed by atoms with Crippen LogP contribution in [0.4, 0.5) is 5.69 Å². The molecule has 21 heavy (non-hydrogen) atoms. The van der Waals surface area contributed by atoms with Gasteiger partial charge in [-0.1, -0.05) is 18.2 Å². The molecule has 0 saturated carbocycles. The molecule has 0 saturated heterocycles. The van der Waals surface area contributed by atoms with Gasteiger partial charge in [-0.15, -0.1) is 11.8 Å². The van der Waals surface area contributed by atoms with Crippen LogP contribution in [0.3, 0.4) is 0 Å². The van der Waals surface area contributed by atoms with E-state index in [1.54, 1.807) is 18.9 Å². The zero-order valence-electron chi connectivity index (χ0n) is 12.1. The maximum atomic E-state index is 5.77. The van der Waals surface area contributed by atoms with E-state index in [1.807, 2.05) is 24.3 Å². The largest absolute Gasteiger partial charge is 0.497 e. The van der Waals surface area contributed by atoms with Crippen molar-refractivity contribution in [3.05, 3.63) is 53.6 Å². The van der Waals surface area contributed by atoms with Crippen molar-refractivity contribution < 1.29 is 9.47 Å². The lowest BCUT2D eigenvalue weighted by Crippen LogP contribution is -2.12. The van der Waals surface area contributed by atoms with Crippen molar-refractivity contribution in [2.24, 2.45) is 4.99 Å². The Balaban J connectivity index is 1.70. The monoisotopic (exact) mass is 299 g/mol. The highest BCUT2D eigenvalue weighted by atomic mass is 32.2. The summed E-state index contributed by atoms with van der Waals surface area (Å²) < 4.78 is 11.0. The normalized spacial score (nSPS) is 13.1. The van der Waals surface area contributed by atoms with Crippen molar-refractivity contribution in [1.29, 1.82) is 0 Å². The Bertz CT molecular complexity index is 682. The Kier molecular flexibility index (Phi) is 4.15. The highest BCUT2D eigenvalue weighted by Crippen LogP contribution is 2.33. The Morgan fingerprint density at radius 2 is 2.14 bits per heavy atom. The molecular formula is C17H17NO2S. The van der Waals surface area contributed by atoms with Crippen LogP contribution in [0, 0.1) is 6.92 Å². The van der Waals surface area contributed by atoms with E-state index in [2.05, 4.69) is 30.1 Å². The molecule has 3 rings (SSSR count). The van der Waals surface area contributed by atoms with Crippen LogP contribution in [0.2, 0.25) is 0 Å². The smallest absolute Gasteiger partial charge is 0.145 e. The Labute approximate surface area is 129 Å². The Morgan fingerprint density at radius 1 is 1.24 bits per heavy atom. The lowest BCUT2D eigenvalue weighted by Gasteiger charge is -2.17. The first kappa shape index (κ1) is 14.0. The van der Waals surface area contributed by atoms with Gasteiger partial charge in [0.1, 0.15) is 28.8 Å². The number of fused-ring (bicyclic) bond motifs is 1. The zero-order chi connectivity index (χ0) is 14.7. The lowest BCUT2D eigenvalue weighted by molar-refractivity contribution is 0.375. The molecule has 1 aliphatic heterocycles. The van der Waals surface area contributed by atoms with Crippen LogP contribution in [-0.2, 0) is 5.75 Å². The van der Waals surface area contributed by atoms with Gasteiger partial charge in [0, 0.05) is 5.75 Å². The van der Waals surface area contributed by atoms with Crippen molar-refractivity contribution in [1.82, 2.24) is 0 Å². The van der Waals surface area contributed by atoms with Crippen molar-refractivity contribution in [3.63, 3.8) is 0 Å². The summed E-state index contributed by atoms with van der Waals surface area (Å²) >= 11 is 1.71. The molecule has 1 heterocycles. The maximum absolute atomic E-state index is 5.77. The van der Waals surface area contributed by atoms with Crippen LogP contribution in [0.1, 0.15) is 11.1 Å². The summed E-state index contributed by atoms with van der Waals surface area (Å²) in [5.74, 6) is 2.62. The van der Waals surface area contributed by atoms with Gasteiger partial charge in [0.2, 0.25) is 0 Å². The predicted octanol–water partition coefficient (Wildman–Crippen LogP) is 4.36. The molecule has 0 unspecified atom stereocenters. The van der Waals surface area contributed by atoms with Crippen molar-refractivity contribution in [2.45, 2.75) is 12.7 Å². The van der Waals surface area contributed by atoms with Crippen molar-refractivity contribution in [2.75, 3.05) is 13.7 Å². The van der Waals surface area contributed by atoms with Crippen LogP contribution >= 0.6 is 11.8 Å². The number of methoxy groups -OCH3 is 1. The minimum atomic E-state index is 0.547. The van der Waals surface area contributed by atoms with E-state index >= 15 is 0 Å². The molecule has 0 amide bonds. The third-order valence-corrected chi connectivity index (χ3v) is 4.27. The second-order valence-corrected chi connectivity index (χ2v) is 5.95. The molecule has 108 valence electrons. The third-order valence-electron chi connectivity index (χ3n) is 3.25. The number of hydrogen-bond donors (Lipinski definition) is 0. The fourth-order valence-electron chi connectivity index (χ4n) is 2.14. The molecule has 0 atom stereocenters. The lowest BCUT2D eigenvalue weighted by atomic mass is 10.2. The first-order chi connectivity index (χ1) is 10.2. The Morgan fingerprint density at radius 3 is 3.00 bits per heavy atom. The predicted molar refractivity (Wildman–Crippen MR) is 88.1 cm³/mol. The first-order valence-corrected chi connectivity index (χ1v) is 7.80. The van der Waals surface area contributed by atoms with Gasteiger partial charge in [-0.05, 0) is 42.3 Å². The minimum absolute atomic E-state index is 0.547. The summed E-state index contributed by atoms with van der Waals surface area (Å²) in [6, 6.07) is 14.2. The maximum Gasteiger partial charge on any atom is 0.145 e. The van der Waals surface area contributed by atoms with Crippen LogP contribution in [0.15, 0.2) is 47.5 Å². The highest BCUT2D eigenvalue weighted by Gasteiger charge is 2.13. The summed E-state index contributed by atoms with van der Waals surface area (Å²) in [6.07, 6.45) is 0.